The van der Waals surface area contributed by atoms with Gasteiger partial charge in [-0.25, -0.2) is 4.98 Å². The van der Waals surface area contributed by atoms with Gasteiger partial charge in [0.05, 0.1) is 0 Å². The first-order valence-electron chi connectivity index (χ1n) is 6.43. The molecular formula is C12H21N5OS. The Labute approximate surface area is 117 Å². The van der Waals surface area contributed by atoms with Crippen LogP contribution < -0.4 is 5.73 Å². The topological polar surface area (TPSA) is 65.7 Å². The van der Waals surface area contributed by atoms with Gasteiger partial charge in [0.15, 0.2) is 5.13 Å². The normalized spacial score (nSPS) is 17.1. The van der Waals surface area contributed by atoms with Crippen LogP contribution in [0.2, 0.25) is 0 Å². The summed E-state index contributed by atoms with van der Waals surface area (Å²) in [5.41, 5.74) is 6.04. The molecule has 6 nitrogen and oxygen atoms in total. The van der Waals surface area contributed by atoms with Gasteiger partial charge in [-0.15, -0.1) is 11.3 Å². The van der Waals surface area contributed by atoms with Crippen molar-refractivity contribution in [2.45, 2.75) is 0 Å². The lowest BCUT2D eigenvalue weighted by molar-refractivity contribution is 0.0625. The van der Waals surface area contributed by atoms with Crippen molar-refractivity contribution in [3.63, 3.8) is 0 Å². The Kier molecular flexibility index (Phi) is 4.73. The SMILES string of the molecule is CN(C)CCN1CCN(C(=O)c2csc(N)n2)CC1. The van der Waals surface area contributed by atoms with E-state index in [0.29, 0.717) is 10.8 Å². The van der Waals surface area contributed by atoms with E-state index >= 15 is 0 Å². The van der Waals surface area contributed by atoms with Gasteiger partial charge in [-0.2, -0.15) is 0 Å². The van der Waals surface area contributed by atoms with E-state index < -0.39 is 0 Å². The third-order valence-electron chi connectivity index (χ3n) is 3.26. The molecule has 1 aliphatic rings. The number of rotatable bonds is 4. The monoisotopic (exact) mass is 283 g/mol. The van der Waals surface area contributed by atoms with Crippen LogP contribution in [0.4, 0.5) is 5.13 Å². The van der Waals surface area contributed by atoms with E-state index in [-0.39, 0.29) is 5.91 Å². The van der Waals surface area contributed by atoms with Crippen molar-refractivity contribution in [3.8, 4) is 0 Å². The van der Waals surface area contributed by atoms with Gasteiger partial charge < -0.3 is 15.5 Å². The average molecular weight is 283 g/mol. The highest BCUT2D eigenvalue weighted by molar-refractivity contribution is 7.13. The van der Waals surface area contributed by atoms with Gasteiger partial charge in [0.25, 0.3) is 5.91 Å². The number of nitrogens with zero attached hydrogens (tertiary/aromatic N) is 4. The summed E-state index contributed by atoms with van der Waals surface area (Å²) >= 11 is 1.31. The van der Waals surface area contributed by atoms with Crippen LogP contribution >= 0.6 is 11.3 Å². The van der Waals surface area contributed by atoms with Crippen molar-refractivity contribution in [1.29, 1.82) is 0 Å². The van der Waals surface area contributed by atoms with Gasteiger partial charge in [-0.05, 0) is 14.1 Å². The van der Waals surface area contributed by atoms with E-state index in [2.05, 4.69) is 28.9 Å². The Balaban J connectivity index is 1.81. The first kappa shape index (κ1) is 14.2. The van der Waals surface area contributed by atoms with Gasteiger partial charge >= 0.3 is 0 Å². The van der Waals surface area contributed by atoms with Crippen LogP contribution in [0.5, 0.6) is 0 Å². The second-order valence-corrected chi connectivity index (χ2v) is 5.90. The van der Waals surface area contributed by atoms with Crippen molar-refractivity contribution in [1.82, 2.24) is 19.7 Å². The molecule has 0 atom stereocenters. The summed E-state index contributed by atoms with van der Waals surface area (Å²) in [6.07, 6.45) is 0. The molecule has 1 aliphatic heterocycles. The molecule has 1 fully saturated rings. The van der Waals surface area contributed by atoms with E-state index in [4.69, 9.17) is 5.73 Å². The molecule has 0 aliphatic carbocycles. The minimum absolute atomic E-state index is 0.000194. The zero-order valence-electron chi connectivity index (χ0n) is 11.5. The van der Waals surface area contributed by atoms with E-state index in [9.17, 15) is 4.79 Å². The molecule has 1 amide bonds. The summed E-state index contributed by atoms with van der Waals surface area (Å²) in [4.78, 5) is 22.6. The molecule has 0 aromatic carbocycles. The van der Waals surface area contributed by atoms with Crippen molar-refractivity contribution in [2.24, 2.45) is 0 Å². The molecular weight excluding hydrogens is 262 g/mol. The maximum Gasteiger partial charge on any atom is 0.273 e. The maximum atomic E-state index is 12.2. The third-order valence-corrected chi connectivity index (χ3v) is 3.94. The summed E-state index contributed by atoms with van der Waals surface area (Å²) in [6, 6.07) is 0. The molecule has 2 rings (SSSR count). The second kappa shape index (κ2) is 6.31. The zero-order chi connectivity index (χ0) is 13.8. The fourth-order valence-corrected chi connectivity index (χ4v) is 2.60. The molecule has 1 aromatic rings. The molecule has 1 saturated heterocycles. The Morgan fingerprint density at radius 2 is 2.11 bits per heavy atom. The van der Waals surface area contributed by atoms with Crippen LogP contribution in [-0.4, -0.2) is 79.0 Å². The van der Waals surface area contributed by atoms with Crippen LogP contribution in [-0.2, 0) is 0 Å². The molecule has 2 N–H and O–H groups in total. The summed E-state index contributed by atoms with van der Waals surface area (Å²) in [5.74, 6) is 0.000194. The van der Waals surface area contributed by atoms with Crippen LogP contribution in [0.1, 0.15) is 10.5 Å². The van der Waals surface area contributed by atoms with Crippen molar-refractivity contribution in [2.75, 3.05) is 59.1 Å². The lowest BCUT2D eigenvalue weighted by Crippen LogP contribution is -2.50. The standard InChI is InChI=1S/C12H21N5OS/c1-15(2)3-4-16-5-7-17(8-6-16)11(18)10-9-19-12(13)14-10/h9H,3-8H2,1-2H3,(H2,13,14). The number of amides is 1. The van der Waals surface area contributed by atoms with Gasteiger partial charge in [-0.3, -0.25) is 9.69 Å². The summed E-state index contributed by atoms with van der Waals surface area (Å²) in [6.45, 7) is 5.50. The molecule has 19 heavy (non-hydrogen) atoms. The number of hydrogen-bond acceptors (Lipinski definition) is 6. The van der Waals surface area contributed by atoms with Crippen LogP contribution in [0, 0.1) is 0 Å². The van der Waals surface area contributed by atoms with Crippen molar-refractivity contribution < 1.29 is 4.79 Å². The van der Waals surface area contributed by atoms with E-state index in [0.717, 1.165) is 39.3 Å². The number of nitrogen functional groups attached to an aromatic ring is 1. The quantitative estimate of drug-likeness (QED) is 0.845. The van der Waals surface area contributed by atoms with Crippen molar-refractivity contribution in [3.05, 3.63) is 11.1 Å². The summed E-state index contributed by atoms with van der Waals surface area (Å²) in [7, 11) is 4.15. The highest BCUT2D eigenvalue weighted by Gasteiger charge is 2.23. The summed E-state index contributed by atoms with van der Waals surface area (Å²) < 4.78 is 0. The first-order chi connectivity index (χ1) is 9.06. The minimum atomic E-state index is 0.000194. The maximum absolute atomic E-state index is 12.2. The molecule has 2 heterocycles. The van der Waals surface area contributed by atoms with Gasteiger partial charge in [0, 0.05) is 44.6 Å². The minimum Gasteiger partial charge on any atom is -0.375 e. The first-order valence-corrected chi connectivity index (χ1v) is 7.31. The number of aromatic nitrogens is 1. The molecule has 106 valence electrons. The Bertz CT molecular complexity index is 426. The second-order valence-electron chi connectivity index (χ2n) is 5.01. The molecule has 1 aromatic heterocycles. The predicted octanol–water partition coefficient (Wildman–Crippen LogP) is 0.0447. The lowest BCUT2D eigenvalue weighted by Gasteiger charge is -2.34. The Hall–Kier alpha value is -1.18. The number of carbonyl (C=O) groups excluding carboxylic acids is 1. The van der Waals surface area contributed by atoms with E-state index in [1.807, 2.05) is 4.90 Å². The van der Waals surface area contributed by atoms with E-state index in [1.54, 1.807) is 5.38 Å². The highest BCUT2D eigenvalue weighted by Crippen LogP contribution is 2.14. The molecule has 0 bridgehead atoms. The predicted molar refractivity (Wildman–Crippen MR) is 77.4 cm³/mol. The Morgan fingerprint density at radius 3 is 2.63 bits per heavy atom. The molecule has 0 saturated carbocycles. The molecule has 0 unspecified atom stereocenters. The number of hydrogen-bond donors (Lipinski definition) is 1. The fraction of sp³-hybridized carbons (Fsp3) is 0.667. The fourth-order valence-electron chi connectivity index (χ4n) is 2.06. The number of anilines is 1. The molecule has 0 spiro atoms. The zero-order valence-corrected chi connectivity index (χ0v) is 12.3. The molecule has 7 heteroatoms. The smallest absolute Gasteiger partial charge is 0.273 e. The van der Waals surface area contributed by atoms with Gasteiger partial charge in [-0.1, -0.05) is 0 Å². The van der Waals surface area contributed by atoms with Gasteiger partial charge in [0.1, 0.15) is 5.69 Å². The number of piperazine rings is 1. The molecule has 0 radical (unpaired) electrons. The summed E-state index contributed by atoms with van der Waals surface area (Å²) in [5, 5.41) is 2.18. The van der Waals surface area contributed by atoms with Crippen LogP contribution in [0.3, 0.4) is 0 Å². The number of thiazole rings is 1. The van der Waals surface area contributed by atoms with Crippen molar-refractivity contribution >= 4 is 22.4 Å². The number of nitrogens with two attached hydrogens (primary N) is 1. The van der Waals surface area contributed by atoms with Crippen LogP contribution in [0.15, 0.2) is 5.38 Å². The third kappa shape index (κ3) is 3.89. The lowest BCUT2D eigenvalue weighted by atomic mass is 10.3. The number of likely N-dealkylation sites (N-methyl/N-ethyl adjacent to an activating group) is 1. The van der Waals surface area contributed by atoms with E-state index in [1.165, 1.54) is 11.3 Å². The Morgan fingerprint density at radius 1 is 1.42 bits per heavy atom. The number of carbonyl (C=O) groups is 1. The highest BCUT2D eigenvalue weighted by atomic mass is 32.1. The largest absolute Gasteiger partial charge is 0.375 e. The average Bonchev–Trinajstić information content (AvgIpc) is 2.83. The van der Waals surface area contributed by atoms with Gasteiger partial charge in [0.2, 0.25) is 0 Å². The van der Waals surface area contributed by atoms with Crippen LogP contribution in [0.25, 0.3) is 0 Å².